The molecule has 19 heavy (non-hydrogen) atoms. The van der Waals surface area contributed by atoms with Gasteiger partial charge in [-0.15, -0.1) is 0 Å². The highest BCUT2D eigenvalue weighted by atomic mass is 16.1. The van der Waals surface area contributed by atoms with Gasteiger partial charge >= 0.3 is 0 Å². The molecule has 1 aromatic rings. The van der Waals surface area contributed by atoms with Crippen LogP contribution in [0.15, 0.2) is 18.3 Å². The predicted octanol–water partition coefficient (Wildman–Crippen LogP) is 1.19. The van der Waals surface area contributed by atoms with E-state index < -0.39 is 0 Å². The first-order valence-electron chi connectivity index (χ1n) is 6.79. The van der Waals surface area contributed by atoms with Crippen LogP contribution in [-0.4, -0.2) is 49.5 Å². The molecule has 1 amide bonds. The molecule has 2 N–H and O–H groups in total. The number of hydrogen-bond acceptors (Lipinski definition) is 4. The van der Waals surface area contributed by atoms with Gasteiger partial charge in [-0.25, -0.2) is 4.98 Å². The molecule has 1 fully saturated rings. The first-order valence-corrected chi connectivity index (χ1v) is 6.79. The molecule has 0 bridgehead atoms. The SMILES string of the molecule is CNc1cc(C(=O)NCC2CCN(C)CC2)ccn1. The molecule has 1 aliphatic heterocycles. The van der Waals surface area contributed by atoms with Crippen molar-refractivity contribution in [1.29, 1.82) is 0 Å². The van der Waals surface area contributed by atoms with Crippen molar-refractivity contribution in [2.24, 2.45) is 5.92 Å². The molecule has 1 saturated heterocycles. The third kappa shape index (κ3) is 3.92. The van der Waals surface area contributed by atoms with Crippen molar-refractivity contribution in [2.75, 3.05) is 39.0 Å². The predicted molar refractivity (Wildman–Crippen MR) is 76.3 cm³/mol. The first-order chi connectivity index (χ1) is 9.19. The molecule has 0 spiro atoms. The maximum Gasteiger partial charge on any atom is 0.251 e. The number of aromatic nitrogens is 1. The van der Waals surface area contributed by atoms with E-state index in [0.29, 0.717) is 17.3 Å². The van der Waals surface area contributed by atoms with Crippen LogP contribution in [0.5, 0.6) is 0 Å². The quantitative estimate of drug-likeness (QED) is 0.856. The zero-order chi connectivity index (χ0) is 13.7. The molecular formula is C14H22N4O. The lowest BCUT2D eigenvalue weighted by Crippen LogP contribution is -2.36. The van der Waals surface area contributed by atoms with Gasteiger partial charge in [0.2, 0.25) is 0 Å². The van der Waals surface area contributed by atoms with Crippen LogP contribution in [0.2, 0.25) is 0 Å². The number of likely N-dealkylation sites (tertiary alicyclic amines) is 1. The first kappa shape index (κ1) is 13.8. The Morgan fingerprint density at radius 3 is 2.89 bits per heavy atom. The second kappa shape index (κ2) is 6.52. The Morgan fingerprint density at radius 1 is 1.47 bits per heavy atom. The van der Waals surface area contributed by atoms with Gasteiger partial charge in [-0.2, -0.15) is 0 Å². The van der Waals surface area contributed by atoms with E-state index in [4.69, 9.17) is 0 Å². The van der Waals surface area contributed by atoms with E-state index in [1.165, 1.54) is 0 Å². The summed E-state index contributed by atoms with van der Waals surface area (Å²) >= 11 is 0. The van der Waals surface area contributed by atoms with Gasteiger partial charge in [-0.05, 0) is 51.0 Å². The Hall–Kier alpha value is -1.62. The van der Waals surface area contributed by atoms with Crippen LogP contribution < -0.4 is 10.6 Å². The molecule has 2 rings (SSSR count). The molecule has 0 unspecified atom stereocenters. The molecule has 2 heterocycles. The Kier molecular flexibility index (Phi) is 4.74. The number of rotatable bonds is 4. The van der Waals surface area contributed by atoms with E-state index in [2.05, 4.69) is 27.6 Å². The summed E-state index contributed by atoms with van der Waals surface area (Å²) in [6.07, 6.45) is 3.97. The average molecular weight is 262 g/mol. The lowest BCUT2D eigenvalue weighted by molar-refractivity contribution is 0.0939. The number of pyridine rings is 1. The van der Waals surface area contributed by atoms with Crippen molar-refractivity contribution in [3.8, 4) is 0 Å². The van der Waals surface area contributed by atoms with E-state index in [9.17, 15) is 4.79 Å². The number of amides is 1. The van der Waals surface area contributed by atoms with Crippen molar-refractivity contribution in [3.05, 3.63) is 23.9 Å². The summed E-state index contributed by atoms with van der Waals surface area (Å²) in [4.78, 5) is 18.5. The molecule has 0 atom stereocenters. The fraction of sp³-hybridized carbons (Fsp3) is 0.571. The second-order valence-electron chi connectivity index (χ2n) is 5.14. The number of carbonyl (C=O) groups excluding carboxylic acids is 1. The van der Waals surface area contributed by atoms with Gasteiger partial charge in [-0.1, -0.05) is 0 Å². The summed E-state index contributed by atoms with van der Waals surface area (Å²) in [6.45, 7) is 3.02. The van der Waals surface area contributed by atoms with E-state index in [0.717, 1.165) is 32.5 Å². The zero-order valence-electron chi connectivity index (χ0n) is 11.6. The second-order valence-corrected chi connectivity index (χ2v) is 5.14. The summed E-state index contributed by atoms with van der Waals surface area (Å²) in [5.74, 6) is 1.30. The molecule has 104 valence electrons. The van der Waals surface area contributed by atoms with E-state index >= 15 is 0 Å². The fourth-order valence-electron chi connectivity index (χ4n) is 2.31. The number of anilines is 1. The van der Waals surface area contributed by atoms with Crippen molar-refractivity contribution in [3.63, 3.8) is 0 Å². The number of piperidine rings is 1. The Labute approximate surface area is 114 Å². The highest BCUT2D eigenvalue weighted by Crippen LogP contribution is 2.15. The normalized spacial score (nSPS) is 17.2. The van der Waals surface area contributed by atoms with Crippen LogP contribution in [0.3, 0.4) is 0 Å². The van der Waals surface area contributed by atoms with Crippen LogP contribution in [0.4, 0.5) is 5.82 Å². The summed E-state index contributed by atoms with van der Waals surface area (Å²) in [5, 5.41) is 5.96. The van der Waals surface area contributed by atoms with E-state index in [-0.39, 0.29) is 5.91 Å². The molecule has 0 aromatic carbocycles. The molecule has 0 aliphatic carbocycles. The van der Waals surface area contributed by atoms with Gasteiger partial charge < -0.3 is 15.5 Å². The summed E-state index contributed by atoms with van der Waals surface area (Å²) in [7, 11) is 3.94. The number of nitrogens with one attached hydrogen (secondary N) is 2. The van der Waals surface area contributed by atoms with Crippen molar-refractivity contribution in [2.45, 2.75) is 12.8 Å². The van der Waals surface area contributed by atoms with Crippen LogP contribution in [0.25, 0.3) is 0 Å². The molecule has 5 nitrogen and oxygen atoms in total. The minimum absolute atomic E-state index is 0.0159. The molecule has 0 radical (unpaired) electrons. The third-order valence-electron chi connectivity index (χ3n) is 3.67. The van der Waals surface area contributed by atoms with Gasteiger partial charge in [0.25, 0.3) is 5.91 Å². The Bertz CT molecular complexity index is 427. The smallest absolute Gasteiger partial charge is 0.251 e. The van der Waals surface area contributed by atoms with E-state index in [1.807, 2.05) is 0 Å². The number of carbonyl (C=O) groups is 1. The van der Waals surface area contributed by atoms with Gasteiger partial charge in [0.15, 0.2) is 0 Å². The highest BCUT2D eigenvalue weighted by Gasteiger charge is 2.17. The van der Waals surface area contributed by atoms with Gasteiger partial charge in [-0.3, -0.25) is 4.79 Å². The maximum atomic E-state index is 12.0. The number of hydrogen-bond donors (Lipinski definition) is 2. The highest BCUT2D eigenvalue weighted by molar-refractivity contribution is 5.94. The summed E-state index contributed by atoms with van der Waals surface area (Å²) < 4.78 is 0. The molecule has 1 aliphatic rings. The largest absolute Gasteiger partial charge is 0.373 e. The molecule has 5 heteroatoms. The minimum Gasteiger partial charge on any atom is -0.373 e. The Balaban J connectivity index is 1.83. The van der Waals surface area contributed by atoms with Gasteiger partial charge in [0.05, 0.1) is 0 Å². The van der Waals surface area contributed by atoms with Gasteiger partial charge in [0.1, 0.15) is 5.82 Å². The molecular weight excluding hydrogens is 240 g/mol. The standard InChI is InChI=1S/C14H22N4O/c1-15-13-9-12(3-6-16-13)14(19)17-10-11-4-7-18(2)8-5-11/h3,6,9,11H,4-5,7-8,10H2,1-2H3,(H,15,16)(H,17,19). The van der Waals surface area contributed by atoms with E-state index in [1.54, 1.807) is 25.4 Å². The average Bonchev–Trinajstić information content (AvgIpc) is 2.46. The molecule has 1 aromatic heterocycles. The minimum atomic E-state index is -0.0159. The van der Waals surface area contributed by atoms with Crippen LogP contribution in [0.1, 0.15) is 23.2 Å². The summed E-state index contributed by atoms with van der Waals surface area (Å²) in [5.41, 5.74) is 0.660. The zero-order valence-corrected chi connectivity index (χ0v) is 11.6. The van der Waals surface area contributed by atoms with Crippen LogP contribution in [0, 0.1) is 5.92 Å². The van der Waals surface area contributed by atoms with Crippen molar-refractivity contribution >= 4 is 11.7 Å². The monoisotopic (exact) mass is 262 g/mol. The number of nitrogens with zero attached hydrogens (tertiary/aromatic N) is 2. The van der Waals surface area contributed by atoms with Crippen molar-refractivity contribution < 1.29 is 4.79 Å². The lowest BCUT2D eigenvalue weighted by Gasteiger charge is -2.28. The topological polar surface area (TPSA) is 57.3 Å². The molecule has 0 saturated carbocycles. The fourth-order valence-corrected chi connectivity index (χ4v) is 2.31. The van der Waals surface area contributed by atoms with Crippen LogP contribution in [-0.2, 0) is 0 Å². The third-order valence-corrected chi connectivity index (χ3v) is 3.67. The van der Waals surface area contributed by atoms with Crippen LogP contribution >= 0.6 is 0 Å². The Morgan fingerprint density at radius 2 is 2.21 bits per heavy atom. The van der Waals surface area contributed by atoms with Crippen molar-refractivity contribution in [1.82, 2.24) is 15.2 Å². The van der Waals surface area contributed by atoms with Gasteiger partial charge in [0, 0.05) is 25.4 Å². The summed E-state index contributed by atoms with van der Waals surface area (Å²) in [6, 6.07) is 3.51. The maximum absolute atomic E-state index is 12.0. The lowest BCUT2D eigenvalue weighted by atomic mass is 9.97.